The van der Waals surface area contributed by atoms with Crippen molar-refractivity contribution in [1.82, 2.24) is 10.2 Å². The quantitative estimate of drug-likeness (QED) is 0.774. The maximum atomic E-state index is 5.92. The molecule has 1 heterocycles. The SMILES string of the molecule is CNC(C)c1ccc(OCCCN2CCCC2)c(C)c1. The van der Waals surface area contributed by atoms with E-state index in [1.807, 2.05) is 7.05 Å². The van der Waals surface area contributed by atoms with Gasteiger partial charge in [-0.3, -0.25) is 0 Å². The summed E-state index contributed by atoms with van der Waals surface area (Å²) in [4.78, 5) is 2.54. The fraction of sp³-hybridized carbons (Fsp3) is 0.647. The minimum absolute atomic E-state index is 0.387. The van der Waals surface area contributed by atoms with Crippen molar-refractivity contribution in [3.63, 3.8) is 0 Å². The zero-order valence-corrected chi connectivity index (χ0v) is 13.1. The Morgan fingerprint density at radius 1 is 1.30 bits per heavy atom. The summed E-state index contributed by atoms with van der Waals surface area (Å²) in [6.07, 6.45) is 3.85. The minimum atomic E-state index is 0.387. The van der Waals surface area contributed by atoms with Crippen LogP contribution in [0.15, 0.2) is 18.2 Å². The molecule has 1 N–H and O–H groups in total. The number of rotatable bonds is 7. The van der Waals surface area contributed by atoms with Gasteiger partial charge in [0.15, 0.2) is 0 Å². The molecule has 1 aromatic rings. The summed E-state index contributed by atoms with van der Waals surface area (Å²) in [5.74, 6) is 1.03. The van der Waals surface area contributed by atoms with E-state index in [0.717, 1.165) is 18.8 Å². The van der Waals surface area contributed by atoms with Crippen LogP contribution < -0.4 is 10.1 Å². The maximum Gasteiger partial charge on any atom is 0.122 e. The molecule has 0 aliphatic carbocycles. The van der Waals surface area contributed by atoms with E-state index >= 15 is 0 Å². The minimum Gasteiger partial charge on any atom is -0.493 e. The third-order valence-corrected chi connectivity index (χ3v) is 4.21. The fourth-order valence-electron chi connectivity index (χ4n) is 2.75. The summed E-state index contributed by atoms with van der Waals surface area (Å²) < 4.78 is 5.92. The summed E-state index contributed by atoms with van der Waals surface area (Å²) in [6, 6.07) is 6.87. The summed E-state index contributed by atoms with van der Waals surface area (Å²) in [7, 11) is 1.99. The second-order valence-corrected chi connectivity index (χ2v) is 5.79. The first-order chi connectivity index (χ1) is 9.70. The second kappa shape index (κ2) is 7.65. The second-order valence-electron chi connectivity index (χ2n) is 5.79. The highest BCUT2D eigenvalue weighted by molar-refractivity contribution is 5.37. The first-order valence-corrected chi connectivity index (χ1v) is 7.83. The van der Waals surface area contributed by atoms with Crippen LogP contribution in [0.5, 0.6) is 5.75 Å². The average molecular weight is 276 g/mol. The first-order valence-electron chi connectivity index (χ1n) is 7.83. The third kappa shape index (κ3) is 4.22. The van der Waals surface area contributed by atoms with Gasteiger partial charge in [0.25, 0.3) is 0 Å². The molecule has 2 rings (SSSR count). The van der Waals surface area contributed by atoms with E-state index in [-0.39, 0.29) is 0 Å². The number of nitrogens with zero attached hydrogens (tertiary/aromatic N) is 1. The maximum absolute atomic E-state index is 5.92. The monoisotopic (exact) mass is 276 g/mol. The van der Waals surface area contributed by atoms with E-state index in [9.17, 15) is 0 Å². The van der Waals surface area contributed by atoms with E-state index in [1.165, 1.54) is 43.6 Å². The van der Waals surface area contributed by atoms with Crippen LogP contribution in [0.25, 0.3) is 0 Å². The van der Waals surface area contributed by atoms with Crippen LogP contribution in [0.3, 0.4) is 0 Å². The van der Waals surface area contributed by atoms with Crippen LogP contribution in [0.2, 0.25) is 0 Å². The number of hydrogen-bond donors (Lipinski definition) is 1. The molecular weight excluding hydrogens is 248 g/mol. The highest BCUT2D eigenvalue weighted by atomic mass is 16.5. The van der Waals surface area contributed by atoms with Crippen molar-refractivity contribution >= 4 is 0 Å². The molecule has 20 heavy (non-hydrogen) atoms. The zero-order chi connectivity index (χ0) is 14.4. The Balaban J connectivity index is 1.77. The van der Waals surface area contributed by atoms with Gasteiger partial charge in [0.1, 0.15) is 5.75 Å². The van der Waals surface area contributed by atoms with Crippen molar-refractivity contribution in [2.45, 2.75) is 39.2 Å². The molecule has 1 aromatic carbocycles. The topological polar surface area (TPSA) is 24.5 Å². The predicted molar refractivity (Wildman–Crippen MR) is 84.4 cm³/mol. The highest BCUT2D eigenvalue weighted by Gasteiger charge is 2.10. The van der Waals surface area contributed by atoms with Gasteiger partial charge in [0.2, 0.25) is 0 Å². The normalized spacial score (nSPS) is 17.4. The molecule has 1 unspecified atom stereocenters. The van der Waals surface area contributed by atoms with E-state index in [4.69, 9.17) is 4.74 Å². The molecular formula is C17H28N2O. The van der Waals surface area contributed by atoms with Crippen LogP contribution in [-0.4, -0.2) is 38.2 Å². The average Bonchev–Trinajstić information content (AvgIpc) is 2.97. The van der Waals surface area contributed by atoms with Crippen LogP contribution >= 0.6 is 0 Å². The van der Waals surface area contributed by atoms with E-state index in [0.29, 0.717) is 6.04 Å². The van der Waals surface area contributed by atoms with Crippen LogP contribution in [0, 0.1) is 6.92 Å². The largest absolute Gasteiger partial charge is 0.493 e. The first kappa shape index (κ1) is 15.3. The molecule has 1 fully saturated rings. The molecule has 3 heteroatoms. The molecule has 0 aromatic heterocycles. The summed E-state index contributed by atoms with van der Waals surface area (Å²) >= 11 is 0. The molecule has 3 nitrogen and oxygen atoms in total. The van der Waals surface area contributed by atoms with Crippen LogP contribution in [-0.2, 0) is 0 Å². The molecule has 112 valence electrons. The molecule has 1 atom stereocenters. The van der Waals surface area contributed by atoms with E-state index in [2.05, 4.69) is 42.3 Å². The van der Waals surface area contributed by atoms with Crippen LogP contribution in [0.1, 0.15) is 43.4 Å². The lowest BCUT2D eigenvalue weighted by Gasteiger charge is -2.16. The predicted octanol–water partition coefficient (Wildman–Crippen LogP) is 3.14. The van der Waals surface area contributed by atoms with Gasteiger partial charge in [-0.1, -0.05) is 12.1 Å². The molecule has 1 aliphatic heterocycles. The summed E-state index contributed by atoms with van der Waals surface area (Å²) in [5, 5.41) is 3.27. The Hall–Kier alpha value is -1.06. The lowest BCUT2D eigenvalue weighted by molar-refractivity contribution is 0.262. The van der Waals surface area contributed by atoms with Gasteiger partial charge < -0.3 is 15.0 Å². The molecule has 1 aliphatic rings. The molecule has 0 bridgehead atoms. The lowest BCUT2D eigenvalue weighted by Crippen LogP contribution is -2.22. The zero-order valence-electron chi connectivity index (χ0n) is 13.1. The molecule has 0 radical (unpaired) electrons. The van der Waals surface area contributed by atoms with E-state index < -0.39 is 0 Å². The summed E-state index contributed by atoms with van der Waals surface area (Å²) in [6.45, 7) is 8.84. The van der Waals surface area contributed by atoms with Gasteiger partial charge >= 0.3 is 0 Å². The van der Waals surface area contributed by atoms with Gasteiger partial charge in [0.05, 0.1) is 6.61 Å². The number of likely N-dealkylation sites (tertiary alicyclic amines) is 1. The molecule has 0 spiro atoms. The van der Waals surface area contributed by atoms with Crippen molar-refractivity contribution < 1.29 is 4.74 Å². The van der Waals surface area contributed by atoms with E-state index in [1.54, 1.807) is 0 Å². The standard InChI is InChI=1S/C17H28N2O/c1-14-13-16(15(2)18-3)7-8-17(14)20-12-6-11-19-9-4-5-10-19/h7-8,13,15,18H,4-6,9-12H2,1-3H3. The number of hydrogen-bond acceptors (Lipinski definition) is 3. The van der Waals surface area contributed by atoms with Crippen molar-refractivity contribution in [3.8, 4) is 5.75 Å². The van der Waals surface area contributed by atoms with Gasteiger partial charge in [-0.2, -0.15) is 0 Å². The van der Waals surface area contributed by atoms with Crippen molar-refractivity contribution in [1.29, 1.82) is 0 Å². The van der Waals surface area contributed by atoms with Gasteiger partial charge in [-0.15, -0.1) is 0 Å². The Morgan fingerprint density at radius 2 is 2.05 bits per heavy atom. The Labute approximate surface area is 123 Å². The molecule has 1 saturated heterocycles. The Kier molecular flexibility index (Phi) is 5.86. The Bertz CT molecular complexity index is 413. The molecule has 0 amide bonds. The number of benzene rings is 1. The van der Waals surface area contributed by atoms with Crippen LogP contribution in [0.4, 0.5) is 0 Å². The third-order valence-electron chi connectivity index (χ3n) is 4.21. The number of aryl methyl sites for hydroxylation is 1. The van der Waals surface area contributed by atoms with Gasteiger partial charge in [0, 0.05) is 12.6 Å². The van der Waals surface area contributed by atoms with Crippen molar-refractivity contribution in [2.75, 3.05) is 33.3 Å². The lowest BCUT2D eigenvalue weighted by atomic mass is 10.1. The molecule has 0 saturated carbocycles. The van der Waals surface area contributed by atoms with Gasteiger partial charge in [-0.05, 0) is 70.4 Å². The highest BCUT2D eigenvalue weighted by Crippen LogP contribution is 2.22. The van der Waals surface area contributed by atoms with Gasteiger partial charge in [-0.25, -0.2) is 0 Å². The van der Waals surface area contributed by atoms with Crippen molar-refractivity contribution in [3.05, 3.63) is 29.3 Å². The smallest absolute Gasteiger partial charge is 0.122 e. The van der Waals surface area contributed by atoms with Crippen molar-refractivity contribution in [2.24, 2.45) is 0 Å². The number of ether oxygens (including phenoxy) is 1. The Morgan fingerprint density at radius 3 is 2.70 bits per heavy atom. The number of nitrogens with one attached hydrogen (secondary N) is 1. The fourth-order valence-corrected chi connectivity index (χ4v) is 2.75. The summed E-state index contributed by atoms with van der Waals surface area (Å²) in [5.41, 5.74) is 2.54.